The van der Waals surface area contributed by atoms with E-state index >= 15 is 0 Å². The van der Waals surface area contributed by atoms with Crippen LogP contribution in [0.2, 0.25) is 0 Å². The summed E-state index contributed by atoms with van der Waals surface area (Å²) in [7, 11) is -3.51. The van der Waals surface area contributed by atoms with Crippen molar-refractivity contribution >= 4 is 21.7 Å². The van der Waals surface area contributed by atoms with E-state index in [0.29, 0.717) is 18.7 Å². The third-order valence-electron chi connectivity index (χ3n) is 2.13. The van der Waals surface area contributed by atoms with Gasteiger partial charge >= 0.3 is 0 Å². The molecule has 90 valence electrons. The Labute approximate surface area is 94.4 Å². The van der Waals surface area contributed by atoms with Crippen molar-refractivity contribution in [1.82, 2.24) is 0 Å². The molecule has 7 heteroatoms. The number of ether oxygens (including phenoxy) is 1. The average Bonchev–Trinajstić information content (AvgIpc) is 2.89. The van der Waals surface area contributed by atoms with E-state index in [-0.39, 0.29) is 18.8 Å². The zero-order valence-electron chi connectivity index (χ0n) is 8.43. The SMILES string of the molecule is CS(=O)(=O)OC(CO)CC[C@@H]1O[C@H]1CCl. The first-order chi connectivity index (χ1) is 6.96. The molecule has 0 saturated carbocycles. The molecule has 1 N–H and O–H groups in total. The number of hydrogen-bond acceptors (Lipinski definition) is 5. The van der Waals surface area contributed by atoms with Gasteiger partial charge in [-0.2, -0.15) is 8.42 Å². The van der Waals surface area contributed by atoms with Gasteiger partial charge in [-0.3, -0.25) is 4.18 Å². The second-order valence-corrected chi connectivity index (χ2v) is 5.46. The molecule has 1 fully saturated rings. The van der Waals surface area contributed by atoms with Crippen LogP contribution in [-0.4, -0.2) is 50.6 Å². The smallest absolute Gasteiger partial charge is 0.264 e. The maximum atomic E-state index is 10.8. The van der Waals surface area contributed by atoms with Crippen molar-refractivity contribution in [2.24, 2.45) is 0 Å². The van der Waals surface area contributed by atoms with Crippen LogP contribution >= 0.6 is 11.6 Å². The summed E-state index contributed by atoms with van der Waals surface area (Å²) in [5.41, 5.74) is 0. The maximum Gasteiger partial charge on any atom is 0.264 e. The summed E-state index contributed by atoms with van der Waals surface area (Å²) in [5, 5.41) is 8.89. The quantitative estimate of drug-likeness (QED) is 0.399. The molecule has 1 heterocycles. The predicted octanol–water partition coefficient (Wildman–Crippen LogP) is 0.110. The minimum atomic E-state index is -3.51. The third-order valence-corrected chi connectivity index (χ3v) is 3.05. The molecule has 0 aliphatic carbocycles. The van der Waals surface area contributed by atoms with E-state index in [4.69, 9.17) is 21.4 Å². The minimum absolute atomic E-state index is 0.0734. The topological polar surface area (TPSA) is 76.1 Å². The highest BCUT2D eigenvalue weighted by Crippen LogP contribution is 2.28. The van der Waals surface area contributed by atoms with Crippen LogP contribution in [0.5, 0.6) is 0 Å². The van der Waals surface area contributed by atoms with Gasteiger partial charge in [-0.1, -0.05) is 0 Å². The van der Waals surface area contributed by atoms with E-state index in [1.54, 1.807) is 0 Å². The summed E-state index contributed by atoms with van der Waals surface area (Å²) in [5.74, 6) is 0.446. The highest BCUT2D eigenvalue weighted by atomic mass is 35.5. The minimum Gasteiger partial charge on any atom is -0.394 e. The summed E-state index contributed by atoms with van der Waals surface area (Å²) < 4.78 is 31.4. The second kappa shape index (κ2) is 5.45. The lowest BCUT2D eigenvalue weighted by Crippen LogP contribution is -2.22. The van der Waals surface area contributed by atoms with Gasteiger partial charge in [0.1, 0.15) is 6.10 Å². The molecule has 3 atom stereocenters. The summed E-state index contributed by atoms with van der Waals surface area (Å²) in [6.07, 6.45) is 1.54. The van der Waals surface area contributed by atoms with E-state index in [0.717, 1.165) is 6.26 Å². The molecule has 0 aromatic heterocycles. The Hall–Kier alpha value is 0.120. The molecule has 1 unspecified atom stereocenters. The van der Waals surface area contributed by atoms with Crippen LogP contribution in [0.25, 0.3) is 0 Å². The molecule has 1 aliphatic rings. The van der Waals surface area contributed by atoms with Gasteiger partial charge < -0.3 is 9.84 Å². The van der Waals surface area contributed by atoms with Crippen LogP contribution in [0.3, 0.4) is 0 Å². The van der Waals surface area contributed by atoms with E-state index in [2.05, 4.69) is 4.18 Å². The molecule has 1 aliphatic heterocycles. The van der Waals surface area contributed by atoms with Gasteiger partial charge in [-0.25, -0.2) is 0 Å². The maximum absolute atomic E-state index is 10.8. The lowest BCUT2D eigenvalue weighted by Gasteiger charge is -2.12. The summed E-state index contributed by atoms with van der Waals surface area (Å²) in [6, 6.07) is 0. The van der Waals surface area contributed by atoms with Crippen LogP contribution in [-0.2, 0) is 19.0 Å². The first kappa shape index (κ1) is 13.2. The number of alkyl halides is 1. The van der Waals surface area contributed by atoms with E-state index < -0.39 is 16.2 Å². The second-order valence-electron chi connectivity index (χ2n) is 3.55. The van der Waals surface area contributed by atoms with Gasteiger partial charge in [-0.15, -0.1) is 11.6 Å². The average molecular weight is 259 g/mol. The Morgan fingerprint density at radius 3 is 2.60 bits per heavy atom. The number of aliphatic hydroxyl groups is 1. The number of aliphatic hydroxyl groups excluding tert-OH is 1. The predicted molar refractivity (Wildman–Crippen MR) is 55.4 cm³/mol. The van der Waals surface area contributed by atoms with Crippen molar-refractivity contribution in [1.29, 1.82) is 0 Å². The summed E-state index contributed by atoms with van der Waals surface area (Å²) in [6.45, 7) is -0.314. The monoisotopic (exact) mass is 258 g/mol. The van der Waals surface area contributed by atoms with Crippen LogP contribution in [0, 0.1) is 0 Å². The molecule has 1 saturated heterocycles. The first-order valence-corrected chi connectivity index (χ1v) is 7.02. The zero-order valence-corrected chi connectivity index (χ0v) is 10.00. The molecule has 0 aromatic carbocycles. The molecule has 0 amide bonds. The van der Waals surface area contributed by atoms with Crippen LogP contribution in [0.4, 0.5) is 0 Å². The molecule has 1 rings (SSSR count). The molecule has 0 bridgehead atoms. The van der Waals surface area contributed by atoms with Gasteiger partial charge in [0.15, 0.2) is 0 Å². The fourth-order valence-electron chi connectivity index (χ4n) is 1.34. The molecule has 0 spiro atoms. The first-order valence-electron chi connectivity index (χ1n) is 4.67. The van der Waals surface area contributed by atoms with Crippen molar-refractivity contribution in [2.45, 2.75) is 31.2 Å². The number of epoxide rings is 1. The standard InChI is InChI=1S/C8H15ClO5S/c1-15(11,12)14-6(5-10)2-3-7-8(4-9)13-7/h6-8,10H,2-5H2,1H3/t6?,7-,8-/m0/s1. The summed E-state index contributed by atoms with van der Waals surface area (Å²) in [4.78, 5) is 0. The van der Waals surface area contributed by atoms with Crippen LogP contribution < -0.4 is 0 Å². The van der Waals surface area contributed by atoms with Crippen molar-refractivity contribution in [3.63, 3.8) is 0 Å². The molecule has 0 aromatic rings. The highest BCUT2D eigenvalue weighted by Gasteiger charge is 2.37. The highest BCUT2D eigenvalue weighted by molar-refractivity contribution is 7.86. The molecule has 5 nitrogen and oxygen atoms in total. The number of hydrogen-bond donors (Lipinski definition) is 1. The van der Waals surface area contributed by atoms with Gasteiger partial charge in [0.05, 0.1) is 31.0 Å². The van der Waals surface area contributed by atoms with Gasteiger partial charge in [0.2, 0.25) is 0 Å². The third kappa shape index (κ3) is 5.12. The Kier molecular flexibility index (Phi) is 4.79. The molecular formula is C8H15ClO5S. The lowest BCUT2D eigenvalue weighted by molar-refractivity contribution is 0.111. The Bertz CT molecular complexity index is 291. The van der Waals surface area contributed by atoms with E-state index in [1.807, 2.05) is 0 Å². The van der Waals surface area contributed by atoms with Crippen molar-refractivity contribution in [3.05, 3.63) is 0 Å². The lowest BCUT2D eigenvalue weighted by atomic mass is 10.1. The fraction of sp³-hybridized carbons (Fsp3) is 1.00. The normalized spacial score (nSPS) is 27.7. The Balaban J connectivity index is 2.23. The zero-order chi connectivity index (χ0) is 11.5. The van der Waals surface area contributed by atoms with Crippen molar-refractivity contribution < 1.29 is 22.4 Å². The van der Waals surface area contributed by atoms with Crippen molar-refractivity contribution in [3.8, 4) is 0 Å². The number of rotatable bonds is 7. The van der Waals surface area contributed by atoms with Crippen molar-refractivity contribution in [2.75, 3.05) is 18.7 Å². The van der Waals surface area contributed by atoms with E-state index in [1.165, 1.54) is 0 Å². The number of halogens is 1. The molecular weight excluding hydrogens is 244 g/mol. The molecule has 0 radical (unpaired) electrons. The van der Waals surface area contributed by atoms with E-state index in [9.17, 15) is 8.42 Å². The Morgan fingerprint density at radius 1 is 1.53 bits per heavy atom. The van der Waals surface area contributed by atoms with Gasteiger partial charge in [0.25, 0.3) is 10.1 Å². The largest absolute Gasteiger partial charge is 0.394 e. The Morgan fingerprint density at radius 2 is 2.20 bits per heavy atom. The van der Waals surface area contributed by atoms with Crippen LogP contribution in [0.15, 0.2) is 0 Å². The van der Waals surface area contributed by atoms with Gasteiger partial charge in [0, 0.05) is 0 Å². The summed E-state index contributed by atoms with van der Waals surface area (Å²) >= 11 is 5.55. The fourth-order valence-corrected chi connectivity index (χ4v) is 2.26. The molecule has 15 heavy (non-hydrogen) atoms. The van der Waals surface area contributed by atoms with Gasteiger partial charge in [-0.05, 0) is 12.8 Å². The van der Waals surface area contributed by atoms with Crippen LogP contribution in [0.1, 0.15) is 12.8 Å².